The fraction of sp³-hybridized carbons (Fsp3) is 0.357. The third-order valence-corrected chi connectivity index (χ3v) is 2.89. The molecule has 0 saturated carbocycles. The van der Waals surface area contributed by atoms with Crippen LogP contribution in [0.15, 0.2) is 41.7 Å². The number of rotatable bonds is 4. The number of Topliss-reactive ketones (excluding diaryl/α,β-unsaturated/α-hetero) is 1. The number of carbonyl (C=O) groups excluding carboxylic acids is 1. The van der Waals surface area contributed by atoms with E-state index in [0.29, 0.717) is 12.0 Å². The van der Waals surface area contributed by atoms with Gasteiger partial charge in [0.15, 0.2) is 12.4 Å². The van der Waals surface area contributed by atoms with Crippen LogP contribution in [0.3, 0.4) is 0 Å². The molecule has 5 heteroatoms. The van der Waals surface area contributed by atoms with Gasteiger partial charge in [0.05, 0.1) is 0 Å². The highest BCUT2D eigenvalue weighted by Crippen LogP contribution is 2.28. The summed E-state index contributed by atoms with van der Waals surface area (Å²) in [6.07, 6.45) is -3.56. The van der Waals surface area contributed by atoms with Gasteiger partial charge in [-0.15, -0.1) is 0 Å². The van der Waals surface area contributed by atoms with Gasteiger partial charge < -0.3 is 4.74 Å². The van der Waals surface area contributed by atoms with Crippen LogP contribution in [0.5, 0.6) is 0 Å². The lowest BCUT2D eigenvalue weighted by Crippen LogP contribution is -2.17. The maximum absolute atomic E-state index is 12.1. The van der Waals surface area contributed by atoms with E-state index in [0.717, 1.165) is 5.56 Å². The Labute approximate surface area is 108 Å². The Morgan fingerprint density at radius 1 is 1.11 bits per heavy atom. The largest absolute Gasteiger partial charge is 0.488 e. The molecule has 0 unspecified atom stereocenters. The maximum atomic E-state index is 12.1. The van der Waals surface area contributed by atoms with Crippen molar-refractivity contribution in [2.24, 2.45) is 0 Å². The maximum Gasteiger partial charge on any atom is 0.422 e. The number of hydrogen-bond donors (Lipinski definition) is 0. The summed E-state index contributed by atoms with van der Waals surface area (Å²) in [6.45, 7) is -1.34. The molecule has 0 spiro atoms. The number of hydrogen-bond acceptors (Lipinski definition) is 2. The number of ketones is 1. The van der Waals surface area contributed by atoms with E-state index in [9.17, 15) is 18.0 Å². The third kappa shape index (κ3) is 3.84. The van der Waals surface area contributed by atoms with Gasteiger partial charge in [0.2, 0.25) is 0 Å². The second-order valence-corrected chi connectivity index (χ2v) is 4.39. The Hall–Kier alpha value is -1.78. The number of alkyl halides is 3. The Kier molecular flexibility index (Phi) is 3.93. The summed E-state index contributed by atoms with van der Waals surface area (Å²) < 4.78 is 41.1. The summed E-state index contributed by atoms with van der Waals surface area (Å²) in [7, 11) is 0. The van der Waals surface area contributed by atoms with Crippen molar-refractivity contribution < 1.29 is 22.7 Å². The van der Waals surface area contributed by atoms with E-state index in [1.54, 1.807) is 0 Å². The number of carbonyl (C=O) groups is 1. The molecule has 0 atom stereocenters. The van der Waals surface area contributed by atoms with Crippen molar-refractivity contribution in [1.82, 2.24) is 0 Å². The van der Waals surface area contributed by atoms with E-state index in [4.69, 9.17) is 4.74 Å². The van der Waals surface area contributed by atoms with E-state index >= 15 is 0 Å². The van der Waals surface area contributed by atoms with Gasteiger partial charge >= 0.3 is 6.18 Å². The Balaban J connectivity index is 2.11. The Morgan fingerprint density at radius 3 is 2.42 bits per heavy atom. The third-order valence-electron chi connectivity index (χ3n) is 2.89. The van der Waals surface area contributed by atoms with E-state index < -0.39 is 12.8 Å². The van der Waals surface area contributed by atoms with Gasteiger partial charge in [0.1, 0.15) is 5.76 Å². The molecule has 0 N–H and O–H groups in total. The molecule has 1 aromatic carbocycles. The molecular weight excluding hydrogens is 257 g/mol. The summed E-state index contributed by atoms with van der Waals surface area (Å²) in [5, 5.41) is 0. The van der Waals surface area contributed by atoms with Crippen LogP contribution in [0.1, 0.15) is 18.4 Å². The summed E-state index contributed by atoms with van der Waals surface area (Å²) in [5.74, 6) is 0.0622. The highest BCUT2D eigenvalue weighted by atomic mass is 19.4. The second-order valence-electron chi connectivity index (χ2n) is 4.39. The smallest absolute Gasteiger partial charge is 0.422 e. The number of allylic oxidation sites excluding steroid dienone is 2. The lowest BCUT2D eigenvalue weighted by atomic mass is 10.0. The molecule has 0 amide bonds. The SMILES string of the molecule is O=C1CCC(OCC(F)(F)F)=C1Cc1ccccc1. The van der Waals surface area contributed by atoms with E-state index in [1.165, 1.54) is 0 Å². The lowest BCUT2D eigenvalue weighted by Gasteiger charge is -2.11. The molecular formula is C14H13F3O2. The fourth-order valence-electron chi connectivity index (χ4n) is 2.01. The molecule has 2 rings (SSSR count). The van der Waals surface area contributed by atoms with Gasteiger partial charge in [0.25, 0.3) is 0 Å². The molecule has 0 bridgehead atoms. The molecule has 0 radical (unpaired) electrons. The standard InChI is InChI=1S/C14H13F3O2/c15-14(16,17)9-19-13-7-6-12(18)11(13)8-10-4-2-1-3-5-10/h1-5H,6-9H2. The molecule has 0 heterocycles. The molecule has 0 aliphatic heterocycles. The van der Waals surface area contributed by atoms with Crippen molar-refractivity contribution in [3.05, 3.63) is 47.2 Å². The minimum Gasteiger partial charge on any atom is -0.488 e. The second kappa shape index (κ2) is 5.47. The summed E-state index contributed by atoms with van der Waals surface area (Å²) in [6, 6.07) is 9.16. The van der Waals surface area contributed by atoms with Crippen LogP contribution in [-0.2, 0) is 16.0 Å². The average Bonchev–Trinajstić information content (AvgIpc) is 2.69. The highest BCUT2D eigenvalue weighted by Gasteiger charge is 2.31. The summed E-state index contributed by atoms with van der Waals surface area (Å²) in [5.41, 5.74) is 1.26. The quantitative estimate of drug-likeness (QED) is 0.838. The highest BCUT2D eigenvalue weighted by molar-refractivity contribution is 5.98. The van der Waals surface area contributed by atoms with Gasteiger partial charge in [-0.2, -0.15) is 13.2 Å². The first-order valence-corrected chi connectivity index (χ1v) is 5.94. The minimum absolute atomic E-state index is 0.124. The predicted octanol–water partition coefficient (Wildman–Crippen LogP) is 3.43. The summed E-state index contributed by atoms with van der Waals surface area (Å²) in [4.78, 5) is 11.7. The van der Waals surface area contributed by atoms with Crippen LogP contribution < -0.4 is 0 Å². The zero-order chi connectivity index (χ0) is 13.9. The molecule has 1 aromatic rings. The molecule has 2 nitrogen and oxygen atoms in total. The Bertz CT molecular complexity index is 489. The van der Waals surface area contributed by atoms with Crippen LogP contribution >= 0.6 is 0 Å². The van der Waals surface area contributed by atoms with Gasteiger partial charge in [0, 0.05) is 24.8 Å². The van der Waals surface area contributed by atoms with Crippen molar-refractivity contribution >= 4 is 5.78 Å². The van der Waals surface area contributed by atoms with E-state index in [1.807, 2.05) is 30.3 Å². The predicted molar refractivity (Wildman–Crippen MR) is 63.4 cm³/mol. The Morgan fingerprint density at radius 2 is 1.79 bits per heavy atom. The molecule has 1 aliphatic rings. The lowest BCUT2D eigenvalue weighted by molar-refractivity contribution is -0.165. The van der Waals surface area contributed by atoms with Crippen LogP contribution in [0.25, 0.3) is 0 Å². The van der Waals surface area contributed by atoms with Gasteiger partial charge in [-0.25, -0.2) is 0 Å². The number of benzene rings is 1. The average molecular weight is 270 g/mol. The van der Waals surface area contributed by atoms with Crippen molar-refractivity contribution in [3.63, 3.8) is 0 Å². The van der Waals surface area contributed by atoms with Crippen molar-refractivity contribution in [2.45, 2.75) is 25.4 Å². The van der Waals surface area contributed by atoms with Gasteiger partial charge in [-0.3, -0.25) is 4.79 Å². The normalized spacial score (nSPS) is 16.1. The van der Waals surface area contributed by atoms with Crippen LogP contribution in [-0.4, -0.2) is 18.6 Å². The van der Waals surface area contributed by atoms with E-state index in [-0.39, 0.29) is 24.4 Å². The van der Waals surface area contributed by atoms with Gasteiger partial charge in [-0.05, 0) is 5.56 Å². The molecule has 102 valence electrons. The molecule has 1 aliphatic carbocycles. The fourth-order valence-corrected chi connectivity index (χ4v) is 2.01. The first kappa shape index (κ1) is 13.6. The minimum atomic E-state index is -4.38. The van der Waals surface area contributed by atoms with Crippen molar-refractivity contribution in [3.8, 4) is 0 Å². The van der Waals surface area contributed by atoms with Crippen LogP contribution in [0, 0.1) is 0 Å². The number of halogens is 3. The zero-order valence-corrected chi connectivity index (χ0v) is 10.2. The van der Waals surface area contributed by atoms with Crippen LogP contribution in [0.2, 0.25) is 0 Å². The molecule has 0 fully saturated rings. The number of ether oxygens (including phenoxy) is 1. The molecule has 19 heavy (non-hydrogen) atoms. The van der Waals surface area contributed by atoms with Crippen molar-refractivity contribution in [2.75, 3.05) is 6.61 Å². The van der Waals surface area contributed by atoms with E-state index in [2.05, 4.69) is 0 Å². The monoisotopic (exact) mass is 270 g/mol. The topological polar surface area (TPSA) is 26.3 Å². The first-order valence-electron chi connectivity index (χ1n) is 5.94. The zero-order valence-electron chi connectivity index (χ0n) is 10.2. The molecule has 0 saturated heterocycles. The van der Waals surface area contributed by atoms with Crippen molar-refractivity contribution in [1.29, 1.82) is 0 Å². The van der Waals surface area contributed by atoms with Gasteiger partial charge in [-0.1, -0.05) is 30.3 Å². The summed E-state index contributed by atoms with van der Waals surface area (Å²) >= 11 is 0. The molecule has 0 aromatic heterocycles. The first-order chi connectivity index (χ1) is 8.96. The van der Waals surface area contributed by atoms with Crippen LogP contribution in [0.4, 0.5) is 13.2 Å².